The normalized spacial score (nSPS) is 14.3. The van der Waals surface area contributed by atoms with Crippen molar-refractivity contribution in [1.29, 1.82) is 5.26 Å². The zero-order chi connectivity index (χ0) is 20.4. The number of hydrogen-bond donors (Lipinski definition) is 0. The second kappa shape index (κ2) is 8.21. The standard InChI is InChI=1S/C21H18ClN3O4/c1-12(2)28-18-6-4-13(9-15(18)11-23)20-24-19(25-29-20)16-5-3-14(10-17(16)22)21-26-7-8-27-21/h3-6,9-10,12,21H,7-8H2,1-2H3. The number of nitrogens with zero attached hydrogens (tertiary/aromatic N) is 3. The van der Waals surface area contributed by atoms with E-state index in [-0.39, 0.29) is 12.0 Å². The molecule has 0 spiro atoms. The molecule has 2 heterocycles. The Kier molecular flexibility index (Phi) is 5.49. The number of benzene rings is 2. The minimum Gasteiger partial charge on any atom is -0.490 e. The zero-order valence-electron chi connectivity index (χ0n) is 15.9. The predicted octanol–water partition coefficient (Wildman–Crippen LogP) is 4.76. The highest BCUT2D eigenvalue weighted by molar-refractivity contribution is 6.33. The Hall–Kier alpha value is -2.92. The molecule has 1 fully saturated rings. The molecule has 0 saturated carbocycles. The minimum absolute atomic E-state index is 0.0342. The lowest BCUT2D eigenvalue weighted by atomic mass is 10.1. The Morgan fingerprint density at radius 3 is 2.66 bits per heavy atom. The molecule has 0 unspecified atom stereocenters. The van der Waals surface area contributed by atoms with Crippen LogP contribution in [0.3, 0.4) is 0 Å². The molecule has 1 aromatic heterocycles. The lowest BCUT2D eigenvalue weighted by molar-refractivity contribution is -0.0441. The van der Waals surface area contributed by atoms with Crippen LogP contribution < -0.4 is 4.74 Å². The maximum Gasteiger partial charge on any atom is 0.258 e. The van der Waals surface area contributed by atoms with E-state index in [1.54, 1.807) is 30.3 Å². The SMILES string of the molecule is CC(C)Oc1ccc(-c2nc(-c3ccc(C4OCCO4)cc3Cl)no2)cc1C#N. The highest BCUT2D eigenvalue weighted by Gasteiger charge is 2.21. The van der Waals surface area contributed by atoms with Crippen LogP contribution in [0.2, 0.25) is 5.02 Å². The van der Waals surface area contributed by atoms with Crippen LogP contribution in [0.1, 0.15) is 31.3 Å². The van der Waals surface area contributed by atoms with Crippen LogP contribution in [0.25, 0.3) is 22.8 Å². The van der Waals surface area contributed by atoms with Crippen LogP contribution in [0, 0.1) is 11.3 Å². The third kappa shape index (κ3) is 4.10. The van der Waals surface area contributed by atoms with Gasteiger partial charge in [-0.2, -0.15) is 10.2 Å². The summed E-state index contributed by atoms with van der Waals surface area (Å²) in [5.41, 5.74) is 2.48. The molecular weight excluding hydrogens is 394 g/mol. The molecule has 0 bridgehead atoms. The quantitative estimate of drug-likeness (QED) is 0.597. The van der Waals surface area contributed by atoms with E-state index < -0.39 is 6.29 Å². The van der Waals surface area contributed by atoms with E-state index in [0.29, 0.717) is 46.5 Å². The van der Waals surface area contributed by atoms with Crippen molar-refractivity contribution in [2.75, 3.05) is 13.2 Å². The number of halogens is 1. The average molecular weight is 412 g/mol. The highest BCUT2D eigenvalue weighted by Crippen LogP contribution is 2.33. The summed E-state index contributed by atoms with van der Waals surface area (Å²) in [4.78, 5) is 4.43. The van der Waals surface area contributed by atoms with Gasteiger partial charge in [0.15, 0.2) is 6.29 Å². The molecule has 0 atom stereocenters. The Labute approximate surface area is 172 Å². The topological polar surface area (TPSA) is 90.4 Å². The first-order valence-electron chi connectivity index (χ1n) is 9.13. The molecule has 1 saturated heterocycles. The summed E-state index contributed by atoms with van der Waals surface area (Å²) in [6.45, 7) is 4.92. The smallest absolute Gasteiger partial charge is 0.258 e. The van der Waals surface area contributed by atoms with Gasteiger partial charge in [0.2, 0.25) is 5.82 Å². The average Bonchev–Trinajstić information content (AvgIpc) is 3.40. The van der Waals surface area contributed by atoms with Crippen molar-refractivity contribution < 1.29 is 18.7 Å². The maximum atomic E-state index is 9.40. The fraction of sp³-hybridized carbons (Fsp3) is 0.286. The van der Waals surface area contributed by atoms with Crippen molar-refractivity contribution in [2.45, 2.75) is 26.2 Å². The molecule has 1 aliphatic rings. The summed E-state index contributed by atoms with van der Waals surface area (Å²) in [7, 11) is 0. The van der Waals surface area contributed by atoms with Gasteiger partial charge in [-0.3, -0.25) is 0 Å². The second-order valence-electron chi connectivity index (χ2n) is 6.73. The molecule has 2 aromatic carbocycles. The molecule has 4 rings (SSSR count). The lowest BCUT2D eigenvalue weighted by Gasteiger charge is -2.11. The molecule has 1 aliphatic heterocycles. The molecule has 0 amide bonds. The summed E-state index contributed by atoms with van der Waals surface area (Å²) in [6, 6.07) is 12.7. The fourth-order valence-corrected chi connectivity index (χ4v) is 3.24. The number of ether oxygens (including phenoxy) is 3. The summed E-state index contributed by atoms with van der Waals surface area (Å²) in [5.74, 6) is 1.15. The first-order valence-corrected chi connectivity index (χ1v) is 9.51. The zero-order valence-corrected chi connectivity index (χ0v) is 16.6. The van der Waals surface area contributed by atoms with Crippen LogP contribution in [-0.4, -0.2) is 29.5 Å². The van der Waals surface area contributed by atoms with Gasteiger partial charge in [-0.25, -0.2) is 0 Å². The summed E-state index contributed by atoms with van der Waals surface area (Å²) in [6.07, 6.45) is -0.438. The monoisotopic (exact) mass is 411 g/mol. The van der Waals surface area contributed by atoms with Crippen LogP contribution in [0.5, 0.6) is 5.75 Å². The molecular formula is C21H18ClN3O4. The first kappa shape index (κ1) is 19.4. The van der Waals surface area contributed by atoms with E-state index >= 15 is 0 Å². The van der Waals surface area contributed by atoms with Crippen LogP contribution in [0.15, 0.2) is 40.9 Å². The molecule has 8 heteroatoms. The van der Waals surface area contributed by atoms with Crippen molar-refractivity contribution in [3.8, 4) is 34.7 Å². The number of aromatic nitrogens is 2. The second-order valence-corrected chi connectivity index (χ2v) is 7.13. The molecule has 7 nitrogen and oxygen atoms in total. The summed E-state index contributed by atoms with van der Waals surface area (Å²) < 4.78 is 22.0. The summed E-state index contributed by atoms with van der Waals surface area (Å²) in [5, 5.41) is 13.9. The minimum atomic E-state index is -0.404. The number of hydrogen-bond acceptors (Lipinski definition) is 7. The van der Waals surface area contributed by atoms with Crippen LogP contribution >= 0.6 is 11.6 Å². The van der Waals surface area contributed by atoms with Crippen molar-refractivity contribution in [1.82, 2.24) is 10.1 Å². The van der Waals surface area contributed by atoms with E-state index in [9.17, 15) is 5.26 Å². The van der Waals surface area contributed by atoms with Gasteiger partial charge in [0.1, 0.15) is 11.8 Å². The van der Waals surface area contributed by atoms with Crippen molar-refractivity contribution in [2.24, 2.45) is 0 Å². The van der Waals surface area contributed by atoms with Crippen LogP contribution in [-0.2, 0) is 9.47 Å². The van der Waals surface area contributed by atoms with Gasteiger partial charge < -0.3 is 18.7 Å². The summed E-state index contributed by atoms with van der Waals surface area (Å²) >= 11 is 6.42. The third-order valence-electron chi connectivity index (χ3n) is 4.26. The van der Waals surface area contributed by atoms with Crippen LogP contribution in [0.4, 0.5) is 0 Å². The van der Waals surface area contributed by atoms with Gasteiger partial charge in [0.25, 0.3) is 5.89 Å². The van der Waals surface area contributed by atoms with Gasteiger partial charge in [-0.1, -0.05) is 22.8 Å². The van der Waals surface area contributed by atoms with E-state index in [2.05, 4.69) is 16.2 Å². The van der Waals surface area contributed by atoms with Gasteiger partial charge in [-0.05, 0) is 44.2 Å². The molecule has 3 aromatic rings. The van der Waals surface area contributed by atoms with E-state index in [1.165, 1.54) is 0 Å². The number of nitriles is 1. The highest BCUT2D eigenvalue weighted by atomic mass is 35.5. The predicted molar refractivity (Wildman–Crippen MR) is 105 cm³/mol. The fourth-order valence-electron chi connectivity index (χ4n) is 2.97. The molecule has 148 valence electrons. The van der Waals surface area contributed by atoms with Gasteiger partial charge >= 0.3 is 0 Å². The van der Waals surface area contributed by atoms with Gasteiger partial charge in [-0.15, -0.1) is 0 Å². The molecule has 0 aliphatic carbocycles. The third-order valence-corrected chi connectivity index (χ3v) is 4.58. The van der Waals surface area contributed by atoms with Crippen molar-refractivity contribution in [3.63, 3.8) is 0 Å². The largest absolute Gasteiger partial charge is 0.490 e. The molecule has 0 N–H and O–H groups in total. The maximum absolute atomic E-state index is 9.40. The first-order chi connectivity index (χ1) is 14.0. The molecule has 29 heavy (non-hydrogen) atoms. The van der Waals surface area contributed by atoms with Gasteiger partial charge in [0.05, 0.1) is 29.9 Å². The lowest BCUT2D eigenvalue weighted by Crippen LogP contribution is -2.06. The molecule has 0 radical (unpaired) electrons. The van der Waals surface area contributed by atoms with E-state index in [0.717, 1.165) is 5.56 Å². The Bertz CT molecular complexity index is 1070. The van der Waals surface area contributed by atoms with Gasteiger partial charge in [0, 0.05) is 16.7 Å². The van der Waals surface area contributed by atoms with Crippen molar-refractivity contribution >= 4 is 11.6 Å². The van der Waals surface area contributed by atoms with Crippen molar-refractivity contribution in [3.05, 3.63) is 52.5 Å². The Morgan fingerprint density at radius 2 is 1.97 bits per heavy atom. The van der Waals surface area contributed by atoms with E-state index in [1.807, 2.05) is 19.9 Å². The number of rotatable bonds is 5. The van der Waals surface area contributed by atoms with E-state index in [4.69, 9.17) is 30.3 Å². The Morgan fingerprint density at radius 1 is 1.17 bits per heavy atom. The Balaban J connectivity index is 1.61.